The van der Waals surface area contributed by atoms with Gasteiger partial charge in [0.25, 0.3) is 0 Å². The molecule has 0 bridgehead atoms. The molecule has 1 amide bonds. The molecule has 0 aliphatic carbocycles. The molecule has 6 heteroatoms. The summed E-state index contributed by atoms with van der Waals surface area (Å²) in [5.74, 6) is 0. The second kappa shape index (κ2) is 5.28. The number of rotatable bonds is 3. The van der Waals surface area contributed by atoms with E-state index >= 15 is 0 Å². The Morgan fingerprint density at radius 1 is 1.42 bits per heavy atom. The smallest absolute Gasteiger partial charge is 0.411 e. The molecule has 1 unspecified atom stereocenters. The van der Waals surface area contributed by atoms with Crippen molar-refractivity contribution in [3.05, 3.63) is 16.1 Å². The Kier molecular flexibility index (Phi) is 4.35. The van der Waals surface area contributed by atoms with E-state index in [0.717, 1.165) is 11.3 Å². The van der Waals surface area contributed by atoms with Gasteiger partial charge in [-0.15, -0.1) is 11.3 Å². The number of aldehydes is 1. The van der Waals surface area contributed by atoms with E-state index in [1.807, 2.05) is 6.92 Å². The fourth-order valence-corrected chi connectivity index (χ4v) is 2.34. The van der Waals surface area contributed by atoms with E-state index in [-0.39, 0.29) is 0 Å². The van der Waals surface area contributed by atoms with E-state index < -0.39 is 17.2 Å². The summed E-state index contributed by atoms with van der Waals surface area (Å²) in [5, 5.41) is 0.848. The molecule has 0 aliphatic rings. The molecule has 1 aromatic heterocycles. The summed E-state index contributed by atoms with van der Waals surface area (Å²) >= 11 is 1.39. The predicted molar refractivity (Wildman–Crippen MR) is 74.3 cm³/mol. The zero-order valence-electron chi connectivity index (χ0n) is 12.2. The molecule has 106 valence electrons. The molecule has 1 atom stereocenters. The maximum atomic E-state index is 12.1. The van der Waals surface area contributed by atoms with Crippen molar-refractivity contribution < 1.29 is 14.3 Å². The van der Waals surface area contributed by atoms with Crippen LogP contribution in [0.3, 0.4) is 0 Å². The van der Waals surface area contributed by atoms with E-state index in [9.17, 15) is 9.59 Å². The van der Waals surface area contributed by atoms with Crippen LogP contribution in [0.5, 0.6) is 0 Å². The molecule has 0 spiro atoms. The van der Waals surface area contributed by atoms with E-state index in [0.29, 0.717) is 4.88 Å². The van der Waals surface area contributed by atoms with Crippen LogP contribution in [0.4, 0.5) is 4.79 Å². The number of aromatic nitrogens is 1. The highest BCUT2D eigenvalue weighted by Crippen LogP contribution is 2.30. The Morgan fingerprint density at radius 3 is 2.37 bits per heavy atom. The van der Waals surface area contributed by atoms with Crippen molar-refractivity contribution >= 4 is 23.7 Å². The summed E-state index contributed by atoms with van der Waals surface area (Å²) in [6.07, 6.45) is 1.83. The standard InChI is InChI=1S/C13H20N2O3S/c1-9-14-7-10(19-9)13(5,8-16)15(6)11(17)18-12(2,3)4/h7-8H,1-6H3. The highest BCUT2D eigenvalue weighted by Gasteiger charge is 2.38. The van der Waals surface area contributed by atoms with Crippen LogP contribution >= 0.6 is 11.3 Å². The molecule has 0 fully saturated rings. The van der Waals surface area contributed by atoms with E-state index in [1.54, 1.807) is 40.9 Å². The first kappa shape index (κ1) is 15.6. The maximum Gasteiger partial charge on any atom is 0.411 e. The summed E-state index contributed by atoms with van der Waals surface area (Å²) in [6, 6.07) is 0. The van der Waals surface area contributed by atoms with Gasteiger partial charge in [0, 0.05) is 13.2 Å². The number of hydrogen-bond donors (Lipinski definition) is 0. The van der Waals surface area contributed by atoms with Gasteiger partial charge in [0.05, 0.1) is 9.88 Å². The van der Waals surface area contributed by atoms with E-state index in [1.165, 1.54) is 16.2 Å². The monoisotopic (exact) mass is 284 g/mol. The van der Waals surface area contributed by atoms with Crippen LogP contribution in [0.25, 0.3) is 0 Å². The van der Waals surface area contributed by atoms with Gasteiger partial charge in [-0.1, -0.05) is 0 Å². The Bertz CT molecular complexity index is 478. The van der Waals surface area contributed by atoms with Gasteiger partial charge >= 0.3 is 6.09 Å². The first-order valence-electron chi connectivity index (χ1n) is 5.96. The van der Waals surface area contributed by atoms with Gasteiger partial charge in [-0.2, -0.15) is 0 Å². The highest BCUT2D eigenvalue weighted by molar-refractivity contribution is 7.11. The number of likely N-dealkylation sites (N-methyl/N-ethyl adjacent to an activating group) is 1. The molecule has 1 heterocycles. The minimum atomic E-state index is -1.06. The molecule has 0 saturated heterocycles. The number of ether oxygens (including phenoxy) is 1. The fraction of sp³-hybridized carbons (Fsp3) is 0.615. The average Bonchev–Trinajstić information content (AvgIpc) is 2.72. The second-order valence-electron chi connectivity index (χ2n) is 5.55. The molecule has 0 radical (unpaired) electrons. The summed E-state index contributed by atoms with van der Waals surface area (Å²) in [7, 11) is 1.55. The lowest BCUT2D eigenvalue weighted by Crippen LogP contribution is -2.47. The molecule has 1 aromatic rings. The van der Waals surface area contributed by atoms with Gasteiger partial charge in [-0.25, -0.2) is 9.78 Å². The van der Waals surface area contributed by atoms with E-state index in [4.69, 9.17) is 4.74 Å². The number of carbonyl (C=O) groups is 2. The third-order valence-electron chi connectivity index (χ3n) is 2.71. The van der Waals surface area contributed by atoms with Crippen LogP contribution in [0.1, 0.15) is 37.6 Å². The predicted octanol–water partition coefficient (Wildman–Crippen LogP) is 2.73. The lowest BCUT2D eigenvalue weighted by molar-refractivity contribution is -0.117. The molecule has 0 N–H and O–H groups in total. The van der Waals surface area contributed by atoms with Gasteiger partial charge in [-0.3, -0.25) is 4.90 Å². The van der Waals surface area contributed by atoms with Crippen molar-refractivity contribution in [3.63, 3.8) is 0 Å². The third-order valence-corrected chi connectivity index (χ3v) is 3.85. The zero-order chi connectivity index (χ0) is 14.8. The molecule has 1 rings (SSSR count). The summed E-state index contributed by atoms with van der Waals surface area (Å²) in [5.41, 5.74) is -1.66. The molecular formula is C13H20N2O3S. The van der Waals surface area contributed by atoms with Gasteiger partial charge in [0.2, 0.25) is 0 Å². The Hall–Kier alpha value is -1.43. The highest BCUT2D eigenvalue weighted by atomic mass is 32.1. The Morgan fingerprint density at radius 2 is 2.00 bits per heavy atom. The van der Waals surface area contributed by atoms with Crippen LogP contribution < -0.4 is 0 Å². The quantitative estimate of drug-likeness (QED) is 0.801. The van der Waals surface area contributed by atoms with Crippen LogP contribution in [0, 0.1) is 6.92 Å². The second-order valence-corrected chi connectivity index (χ2v) is 6.78. The lowest BCUT2D eigenvalue weighted by Gasteiger charge is -2.34. The third kappa shape index (κ3) is 3.53. The lowest BCUT2D eigenvalue weighted by atomic mass is 10.0. The molecular weight excluding hydrogens is 264 g/mol. The van der Waals surface area contributed by atoms with Crippen molar-refractivity contribution in [2.45, 2.75) is 45.8 Å². The first-order chi connectivity index (χ1) is 8.60. The largest absolute Gasteiger partial charge is 0.444 e. The minimum absolute atomic E-state index is 0.534. The number of aryl methyl sites for hydroxylation is 1. The Labute approximate surface area is 117 Å². The van der Waals surface area contributed by atoms with Gasteiger partial charge in [-0.05, 0) is 34.6 Å². The normalized spacial score (nSPS) is 14.6. The molecule has 0 saturated carbocycles. The number of amides is 1. The van der Waals surface area contributed by atoms with E-state index in [2.05, 4.69) is 4.98 Å². The first-order valence-corrected chi connectivity index (χ1v) is 6.78. The van der Waals surface area contributed by atoms with Crippen LogP contribution in [-0.2, 0) is 15.1 Å². The number of thiazole rings is 1. The number of nitrogens with zero attached hydrogens (tertiary/aromatic N) is 2. The molecule has 5 nitrogen and oxygen atoms in total. The number of carbonyl (C=O) groups excluding carboxylic acids is 2. The summed E-state index contributed by atoms with van der Waals surface area (Å²) in [6.45, 7) is 8.89. The van der Waals surface area contributed by atoms with Gasteiger partial charge < -0.3 is 9.53 Å². The summed E-state index contributed by atoms with van der Waals surface area (Å²) < 4.78 is 5.29. The van der Waals surface area contributed by atoms with Crippen molar-refractivity contribution in [2.75, 3.05) is 7.05 Å². The van der Waals surface area contributed by atoms with Crippen molar-refractivity contribution in [1.29, 1.82) is 0 Å². The topological polar surface area (TPSA) is 59.5 Å². The average molecular weight is 284 g/mol. The molecule has 0 aromatic carbocycles. The van der Waals surface area contributed by atoms with Crippen LogP contribution in [0.2, 0.25) is 0 Å². The summed E-state index contributed by atoms with van der Waals surface area (Å²) in [4.78, 5) is 29.7. The number of hydrogen-bond acceptors (Lipinski definition) is 5. The van der Waals surface area contributed by atoms with Crippen molar-refractivity contribution in [3.8, 4) is 0 Å². The molecule has 0 aliphatic heterocycles. The SMILES string of the molecule is Cc1ncc(C(C)(C=O)N(C)C(=O)OC(C)(C)C)s1. The van der Waals surface area contributed by atoms with Crippen molar-refractivity contribution in [2.24, 2.45) is 0 Å². The molecule has 19 heavy (non-hydrogen) atoms. The minimum Gasteiger partial charge on any atom is -0.444 e. The van der Waals surface area contributed by atoms with Crippen LogP contribution in [-0.4, -0.2) is 34.9 Å². The zero-order valence-corrected chi connectivity index (χ0v) is 13.0. The van der Waals surface area contributed by atoms with Gasteiger partial charge in [0.15, 0.2) is 6.29 Å². The van der Waals surface area contributed by atoms with Crippen LogP contribution in [0.15, 0.2) is 6.20 Å². The fourth-order valence-electron chi connectivity index (χ4n) is 1.42. The Balaban J connectivity index is 3.02. The maximum absolute atomic E-state index is 12.1. The van der Waals surface area contributed by atoms with Crippen molar-refractivity contribution in [1.82, 2.24) is 9.88 Å². The van der Waals surface area contributed by atoms with Gasteiger partial charge in [0.1, 0.15) is 11.1 Å².